The molecule has 0 spiro atoms. The molecule has 1 N–H and O–H groups in total. The van der Waals surface area contributed by atoms with Crippen LogP contribution in [0.3, 0.4) is 0 Å². The molecular formula is C12H28N4. The summed E-state index contributed by atoms with van der Waals surface area (Å²) in [6.07, 6.45) is 0. The third kappa shape index (κ3) is 5.25. The van der Waals surface area contributed by atoms with Gasteiger partial charge in [0, 0.05) is 51.9 Å². The van der Waals surface area contributed by atoms with E-state index in [9.17, 15) is 0 Å². The van der Waals surface area contributed by atoms with Gasteiger partial charge in [-0.15, -0.1) is 0 Å². The van der Waals surface area contributed by atoms with Crippen LogP contribution in [0.5, 0.6) is 0 Å². The van der Waals surface area contributed by atoms with Gasteiger partial charge in [-0.2, -0.15) is 0 Å². The van der Waals surface area contributed by atoms with Crippen LogP contribution in [0.15, 0.2) is 0 Å². The molecule has 1 aliphatic rings. The van der Waals surface area contributed by atoms with Gasteiger partial charge in [0.25, 0.3) is 0 Å². The minimum Gasteiger partial charge on any atom is -0.314 e. The summed E-state index contributed by atoms with van der Waals surface area (Å²) < 4.78 is 0. The van der Waals surface area contributed by atoms with Crippen molar-refractivity contribution in [1.82, 2.24) is 20.0 Å². The lowest BCUT2D eigenvalue weighted by Crippen LogP contribution is -2.47. The van der Waals surface area contributed by atoms with Crippen LogP contribution in [0.25, 0.3) is 0 Å². The highest BCUT2D eigenvalue weighted by molar-refractivity contribution is 4.70. The molecule has 1 heterocycles. The van der Waals surface area contributed by atoms with Gasteiger partial charge in [-0.1, -0.05) is 0 Å². The number of hydrogen-bond donors (Lipinski definition) is 1. The van der Waals surface area contributed by atoms with Crippen LogP contribution in [0.4, 0.5) is 0 Å². The van der Waals surface area contributed by atoms with Crippen LogP contribution >= 0.6 is 0 Å². The molecule has 0 bridgehead atoms. The van der Waals surface area contributed by atoms with Crippen molar-refractivity contribution in [3.8, 4) is 0 Å². The van der Waals surface area contributed by atoms with Gasteiger partial charge in [0.1, 0.15) is 0 Å². The van der Waals surface area contributed by atoms with E-state index in [0.717, 1.165) is 13.1 Å². The van der Waals surface area contributed by atoms with E-state index < -0.39 is 0 Å². The van der Waals surface area contributed by atoms with Gasteiger partial charge in [-0.05, 0) is 28.1 Å². The van der Waals surface area contributed by atoms with Crippen LogP contribution in [0.1, 0.15) is 6.92 Å². The topological polar surface area (TPSA) is 21.8 Å². The van der Waals surface area contributed by atoms with E-state index in [4.69, 9.17) is 0 Å². The number of nitrogens with one attached hydrogen (secondary N) is 1. The predicted molar refractivity (Wildman–Crippen MR) is 70.0 cm³/mol. The van der Waals surface area contributed by atoms with E-state index in [0.29, 0.717) is 6.04 Å². The molecule has 0 aromatic heterocycles. The fraction of sp³-hybridized carbons (Fsp3) is 1.00. The Morgan fingerprint density at radius 2 is 1.81 bits per heavy atom. The minimum atomic E-state index is 0.618. The van der Waals surface area contributed by atoms with E-state index >= 15 is 0 Å². The molecule has 96 valence electrons. The third-order valence-corrected chi connectivity index (χ3v) is 3.52. The maximum Gasteiger partial charge on any atom is 0.0186 e. The SMILES string of the molecule is CC(CNCCN1CCN(C)CC1)N(C)C. The van der Waals surface area contributed by atoms with Crippen LogP contribution in [-0.4, -0.2) is 87.7 Å². The predicted octanol–water partition coefficient (Wildman–Crippen LogP) is -0.226. The van der Waals surface area contributed by atoms with Crippen LogP contribution < -0.4 is 5.32 Å². The molecule has 1 atom stereocenters. The maximum absolute atomic E-state index is 3.53. The van der Waals surface area contributed by atoms with E-state index in [1.54, 1.807) is 0 Å². The second-order valence-corrected chi connectivity index (χ2v) is 5.16. The molecule has 1 aliphatic heterocycles. The molecule has 1 rings (SSSR count). The van der Waals surface area contributed by atoms with Gasteiger partial charge >= 0.3 is 0 Å². The van der Waals surface area contributed by atoms with Crippen molar-refractivity contribution in [2.45, 2.75) is 13.0 Å². The van der Waals surface area contributed by atoms with Gasteiger partial charge in [0.2, 0.25) is 0 Å². The van der Waals surface area contributed by atoms with Gasteiger partial charge in [-0.3, -0.25) is 4.90 Å². The lowest BCUT2D eigenvalue weighted by molar-refractivity contribution is 0.154. The molecular weight excluding hydrogens is 200 g/mol. The number of piperazine rings is 1. The van der Waals surface area contributed by atoms with Gasteiger partial charge in [0.05, 0.1) is 0 Å². The molecule has 4 heteroatoms. The minimum absolute atomic E-state index is 0.618. The zero-order chi connectivity index (χ0) is 12.0. The molecule has 4 nitrogen and oxygen atoms in total. The van der Waals surface area contributed by atoms with Crippen molar-refractivity contribution in [3.63, 3.8) is 0 Å². The second-order valence-electron chi connectivity index (χ2n) is 5.16. The molecule has 1 unspecified atom stereocenters. The summed E-state index contributed by atoms with van der Waals surface area (Å²) in [5, 5.41) is 3.53. The lowest BCUT2D eigenvalue weighted by Gasteiger charge is -2.32. The van der Waals surface area contributed by atoms with Crippen molar-refractivity contribution in [3.05, 3.63) is 0 Å². The molecule has 0 aliphatic carbocycles. The molecule has 0 radical (unpaired) electrons. The fourth-order valence-electron chi connectivity index (χ4n) is 1.80. The van der Waals surface area contributed by atoms with Crippen molar-refractivity contribution in [2.75, 3.05) is 67.0 Å². The second kappa shape index (κ2) is 7.22. The molecule has 16 heavy (non-hydrogen) atoms. The average molecular weight is 228 g/mol. The van der Waals surface area contributed by atoms with Crippen LogP contribution in [-0.2, 0) is 0 Å². The van der Waals surface area contributed by atoms with E-state index in [-0.39, 0.29) is 0 Å². The smallest absolute Gasteiger partial charge is 0.0186 e. The van der Waals surface area contributed by atoms with Crippen molar-refractivity contribution < 1.29 is 0 Å². The summed E-state index contributed by atoms with van der Waals surface area (Å²) >= 11 is 0. The molecule has 0 saturated carbocycles. The molecule has 1 fully saturated rings. The monoisotopic (exact) mass is 228 g/mol. The summed E-state index contributed by atoms with van der Waals surface area (Å²) in [7, 11) is 6.47. The fourth-order valence-corrected chi connectivity index (χ4v) is 1.80. The average Bonchev–Trinajstić information content (AvgIpc) is 2.26. The zero-order valence-electron chi connectivity index (χ0n) is 11.4. The van der Waals surface area contributed by atoms with E-state index in [1.807, 2.05) is 0 Å². The van der Waals surface area contributed by atoms with E-state index in [2.05, 4.69) is 48.1 Å². The largest absolute Gasteiger partial charge is 0.314 e. The van der Waals surface area contributed by atoms with Gasteiger partial charge < -0.3 is 15.1 Å². The highest BCUT2D eigenvalue weighted by atomic mass is 15.2. The Morgan fingerprint density at radius 1 is 1.19 bits per heavy atom. The molecule has 0 aromatic rings. The maximum atomic E-state index is 3.53. The lowest BCUT2D eigenvalue weighted by atomic mass is 10.3. The summed E-state index contributed by atoms with van der Waals surface area (Å²) in [4.78, 5) is 7.20. The Kier molecular flexibility index (Phi) is 6.28. The number of likely N-dealkylation sites (N-methyl/N-ethyl adjacent to an activating group) is 2. The first-order valence-electron chi connectivity index (χ1n) is 6.37. The normalized spacial score (nSPS) is 21.6. The highest BCUT2D eigenvalue weighted by Crippen LogP contribution is 1.97. The highest BCUT2D eigenvalue weighted by Gasteiger charge is 2.12. The Labute approximate surface area is 101 Å². The summed E-state index contributed by atoms with van der Waals surface area (Å²) in [6, 6.07) is 0.618. The van der Waals surface area contributed by atoms with Crippen molar-refractivity contribution in [1.29, 1.82) is 0 Å². The quantitative estimate of drug-likeness (QED) is 0.634. The molecule has 0 amide bonds. The van der Waals surface area contributed by atoms with E-state index in [1.165, 1.54) is 32.7 Å². The summed E-state index contributed by atoms with van der Waals surface area (Å²) in [5.74, 6) is 0. The Bertz CT molecular complexity index is 176. The Hall–Kier alpha value is -0.160. The first-order chi connectivity index (χ1) is 7.59. The first-order valence-corrected chi connectivity index (χ1v) is 6.37. The summed E-state index contributed by atoms with van der Waals surface area (Å²) in [6.45, 7) is 10.5. The molecule has 1 saturated heterocycles. The van der Waals surface area contributed by atoms with Gasteiger partial charge in [0.15, 0.2) is 0 Å². The zero-order valence-corrected chi connectivity index (χ0v) is 11.4. The van der Waals surface area contributed by atoms with Crippen LogP contribution in [0.2, 0.25) is 0 Å². The molecule has 0 aromatic carbocycles. The Balaban J connectivity index is 1.99. The van der Waals surface area contributed by atoms with Crippen molar-refractivity contribution >= 4 is 0 Å². The number of rotatable bonds is 6. The summed E-state index contributed by atoms with van der Waals surface area (Å²) in [5.41, 5.74) is 0. The van der Waals surface area contributed by atoms with Gasteiger partial charge in [-0.25, -0.2) is 0 Å². The number of hydrogen-bond acceptors (Lipinski definition) is 4. The Morgan fingerprint density at radius 3 is 2.38 bits per heavy atom. The van der Waals surface area contributed by atoms with Crippen LogP contribution in [0, 0.1) is 0 Å². The standard InChI is InChI=1S/C12H28N4/c1-12(14(2)3)11-13-5-6-16-9-7-15(4)8-10-16/h12-13H,5-11H2,1-4H3. The van der Waals surface area contributed by atoms with Crippen molar-refractivity contribution in [2.24, 2.45) is 0 Å². The first kappa shape index (κ1) is 13.9. The third-order valence-electron chi connectivity index (χ3n) is 3.52. The number of nitrogens with zero attached hydrogens (tertiary/aromatic N) is 3.